The van der Waals surface area contributed by atoms with Crippen LogP contribution in [0, 0.1) is 0 Å². The molecule has 8 nitrogen and oxygen atoms in total. The third kappa shape index (κ3) is 6.08. The second-order valence-electron chi connectivity index (χ2n) is 6.87. The number of carbonyl (C=O) groups excluding carboxylic acids is 2. The SMILES string of the molecule is CNC(=O)c1cc(C(=O)NCC[C@H]2OC[C@H](N)CO2)cc(Cc2ccccc2)n1. The minimum absolute atomic E-state index is 0.108. The number of nitrogens with one attached hydrogen (secondary N) is 2. The molecule has 0 atom stereocenters. The van der Waals surface area contributed by atoms with Crippen molar-refractivity contribution in [1.82, 2.24) is 15.6 Å². The average molecular weight is 398 g/mol. The van der Waals surface area contributed by atoms with Gasteiger partial charge in [0.05, 0.1) is 19.3 Å². The van der Waals surface area contributed by atoms with E-state index >= 15 is 0 Å². The lowest BCUT2D eigenvalue weighted by molar-refractivity contribution is -0.186. The van der Waals surface area contributed by atoms with Crippen molar-refractivity contribution in [3.05, 3.63) is 65.0 Å². The molecule has 0 aliphatic carbocycles. The highest BCUT2D eigenvalue weighted by Crippen LogP contribution is 2.13. The lowest BCUT2D eigenvalue weighted by Gasteiger charge is -2.27. The molecule has 0 radical (unpaired) electrons. The van der Waals surface area contributed by atoms with Gasteiger partial charge in [0.25, 0.3) is 11.8 Å². The van der Waals surface area contributed by atoms with Gasteiger partial charge in [-0.1, -0.05) is 30.3 Å². The van der Waals surface area contributed by atoms with Crippen LogP contribution >= 0.6 is 0 Å². The molecule has 0 saturated carbocycles. The fourth-order valence-electron chi connectivity index (χ4n) is 2.99. The van der Waals surface area contributed by atoms with Crippen molar-refractivity contribution in [2.24, 2.45) is 5.73 Å². The van der Waals surface area contributed by atoms with Gasteiger partial charge in [0.2, 0.25) is 0 Å². The topological polar surface area (TPSA) is 116 Å². The molecule has 1 fully saturated rings. The summed E-state index contributed by atoms with van der Waals surface area (Å²) in [7, 11) is 1.53. The van der Waals surface area contributed by atoms with Crippen LogP contribution < -0.4 is 16.4 Å². The van der Waals surface area contributed by atoms with Gasteiger partial charge in [0.15, 0.2) is 6.29 Å². The van der Waals surface area contributed by atoms with Crippen molar-refractivity contribution in [3.8, 4) is 0 Å². The minimum atomic E-state index is -0.373. The number of pyridine rings is 1. The normalized spacial score (nSPS) is 18.8. The number of benzene rings is 1. The molecule has 8 heteroatoms. The van der Waals surface area contributed by atoms with E-state index in [-0.39, 0.29) is 29.8 Å². The monoisotopic (exact) mass is 398 g/mol. The number of nitrogens with zero attached hydrogens (tertiary/aromatic N) is 1. The zero-order valence-corrected chi connectivity index (χ0v) is 16.4. The van der Waals surface area contributed by atoms with E-state index in [0.717, 1.165) is 5.56 Å². The molecule has 2 heterocycles. The van der Waals surface area contributed by atoms with Crippen LogP contribution in [0.2, 0.25) is 0 Å². The predicted molar refractivity (Wildman–Crippen MR) is 107 cm³/mol. The van der Waals surface area contributed by atoms with E-state index in [1.807, 2.05) is 30.3 Å². The van der Waals surface area contributed by atoms with Gasteiger partial charge in [0.1, 0.15) is 5.69 Å². The van der Waals surface area contributed by atoms with Gasteiger partial charge < -0.3 is 25.8 Å². The Balaban J connectivity index is 1.66. The summed E-state index contributed by atoms with van der Waals surface area (Å²) in [6, 6.07) is 12.9. The lowest BCUT2D eigenvalue weighted by Crippen LogP contribution is -2.42. The highest BCUT2D eigenvalue weighted by molar-refractivity contribution is 5.98. The fraction of sp³-hybridized carbons (Fsp3) is 0.381. The van der Waals surface area contributed by atoms with E-state index in [9.17, 15) is 9.59 Å². The molecule has 4 N–H and O–H groups in total. The molecule has 3 rings (SSSR count). The van der Waals surface area contributed by atoms with Gasteiger partial charge >= 0.3 is 0 Å². The van der Waals surface area contributed by atoms with Gasteiger partial charge in [-0.3, -0.25) is 9.59 Å². The number of hydrogen-bond donors (Lipinski definition) is 3. The van der Waals surface area contributed by atoms with Crippen molar-refractivity contribution in [2.75, 3.05) is 26.8 Å². The molecule has 0 bridgehead atoms. The molecule has 154 valence electrons. The summed E-state index contributed by atoms with van der Waals surface area (Å²) in [4.78, 5) is 29.1. The smallest absolute Gasteiger partial charge is 0.269 e. The summed E-state index contributed by atoms with van der Waals surface area (Å²) in [5.41, 5.74) is 8.00. The number of aromatic nitrogens is 1. The van der Waals surface area contributed by atoms with Crippen molar-refractivity contribution in [3.63, 3.8) is 0 Å². The van der Waals surface area contributed by atoms with E-state index < -0.39 is 0 Å². The van der Waals surface area contributed by atoms with Crippen LogP contribution in [-0.4, -0.2) is 55.9 Å². The molecule has 1 aromatic carbocycles. The summed E-state index contributed by atoms with van der Waals surface area (Å²) < 4.78 is 10.9. The second kappa shape index (κ2) is 10.1. The third-order valence-electron chi connectivity index (χ3n) is 4.49. The molecule has 1 aliphatic rings. The van der Waals surface area contributed by atoms with Crippen molar-refractivity contribution < 1.29 is 19.1 Å². The molecule has 1 aromatic heterocycles. The zero-order valence-electron chi connectivity index (χ0n) is 16.4. The number of nitrogens with two attached hydrogens (primary N) is 1. The molecule has 2 aromatic rings. The van der Waals surface area contributed by atoms with Crippen LogP contribution in [0.3, 0.4) is 0 Å². The summed E-state index contributed by atoms with van der Waals surface area (Å²) >= 11 is 0. The first-order chi connectivity index (χ1) is 14.0. The first-order valence-electron chi connectivity index (χ1n) is 9.59. The zero-order chi connectivity index (χ0) is 20.6. The summed E-state index contributed by atoms with van der Waals surface area (Å²) in [5.74, 6) is -0.617. The summed E-state index contributed by atoms with van der Waals surface area (Å²) in [6.07, 6.45) is 0.668. The Hall–Kier alpha value is -2.81. The van der Waals surface area contributed by atoms with Crippen LogP contribution in [0.4, 0.5) is 0 Å². The Bertz CT molecular complexity index is 836. The Morgan fingerprint density at radius 3 is 2.55 bits per heavy atom. The van der Waals surface area contributed by atoms with Crippen LogP contribution in [0.15, 0.2) is 42.5 Å². The van der Waals surface area contributed by atoms with Crippen molar-refractivity contribution in [2.45, 2.75) is 25.2 Å². The molecule has 0 spiro atoms. The highest BCUT2D eigenvalue weighted by atomic mass is 16.7. The molecular formula is C21H26N4O4. The minimum Gasteiger partial charge on any atom is -0.354 e. The maximum atomic E-state index is 12.6. The van der Waals surface area contributed by atoms with Gasteiger partial charge in [-0.15, -0.1) is 0 Å². The fourth-order valence-corrected chi connectivity index (χ4v) is 2.99. The lowest BCUT2D eigenvalue weighted by atomic mass is 10.1. The predicted octanol–water partition coefficient (Wildman–Crippen LogP) is 0.852. The van der Waals surface area contributed by atoms with Crippen LogP contribution in [0.5, 0.6) is 0 Å². The van der Waals surface area contributed by atoms with E-state index in [1.165, 1.54) is 13.1 Å². The number of ether oxygens (including phenoxy) is 2. The number of amides is 2. The van der Waals surface area contributed by atoms with Gasteiger partial charge in [-0.2, -0.15) is 0 Å². The summed E-state index contributed by atoms with van der Waals surface area (Å²) in [6.45, 7) is 1.27. The molecule has 0 unspecified atom stereocenters. The maximum Gasteiger partial charge on any atom is 0.269 e. The van der Waals surface area contributed by atoms with E-state index in [0.29, 0.717) is 43.9 Å². The Morgan fingerprint density at radius 2 is 1.86 bits per heavy atom. The van der Waals surface area contributed by atoms with Crippen LogP contribution in [-0.2, 0) is 15.9 Å². The van der Waals surface area contributed by atoms with Crippen LogP contribution in [0.25, 0.3) is 0 Å². The highest BCUT2D eigenvalue weighted by Gasteiger charge is 2.20. The molecular weight excluding hydrogens is 372 g/mol. The summed E-state index contributed by atoms with van der Waals surface area (Å²) in [5, 5.41) is 5.39. The van der Waals surface area contributed by atoms with E-state index in [1.54, 1.807) is 6.07 Å². The molecule has 1 saturated heterocycles. The Morgan fingerprint density at radius 1 is 1.14 bits per heavy atom. The molecule has 1 aliphatic heterocycles. The standard InChI is InChI=1S/C21H26N4O4/c1-23-21(27)18-11-15(10-17(25-18)9-14-5-3-2-4-6-14)20(26)24-8-7-19-28-12-16(22)13-29-19/h2-6,10-11,16,19H,7-9,12-13,22H2,1H3,(H,23,27)(H,24,26)/t16-,19-. The Labute approximate surface area is 169 Å². The molecule has 29 heavy (non-hydrogen) atoms. The van der Waals surface area contributed by atoms with Gasteiger partial charge in [0, 0.05) is 37.7 Å². The first-order valence-corrected chi connectivity index (χ1v) is 9.59. The van der Waals surface area contributed by atoms with Crippen LogP contribution in [0.1, 0.15) is 38.5 Å². The number of hydrogen-bond acceptors (Lipinski definition) is 6. The quantitative estimate of drug-likeness (QED) is 0.637. The first kappa shape index (κ1) is 20.9. The molecule has 2 amide bonds. The number of rotatable bonds is 7. The van der Waals surface area contributed by atoms with Crippen molar-refractivity contribution >= 4 is 11.8 Å². The largest absolute Gasteiger partial charge is 0.354 e. The van der Waals surface area contributed by atoms with Crippen molar-refractivity contribution in [1.29, 1.82) is 0 Å². The van der Waals surface area contributed by atoms with E-state index in [2.05, 4.69) is 15.6 Å². The maximum absolute atomic E-state index is 12.6. The number of carbonyl (C=O) groups is 2. The van der Waals surface area contributed by atoms with E-state index in [4.69, 9.17) is 15.2 Å². The van der Waals surface area contributed by atoms with Gasteiger partial charge in [-0.25, -0.2) is 4.98 Å². The van der Waals surface area contributed by atoms with Gasteiger partial charge in [-0.05, 0) is 17.7 Å². The average Bonchev–Trinajstić information content (AvgIpc) is 2.75. The second-order valence-corrected chi connectivity index (χ2v) is 6.87. The Kier molecular flexibility index (Phi) is 7.29. The third-order valence-corrected chi connectivity index (χ3v) is 4.49.